The predicted octanol–water partition coefficient (Wildman–Crippen LogP) is 7.06. The number of hydrogen-bond donors (Lipinski definition) is 0. The summed E-state index contributed by atoms with van der Waals surface area (Å²) >= 11 is 0. The quantitative estimate of drug-likeness (QED) is 0.305. The first-order chi connectivity index (χ1) is 16.0. The number of methoxy groups -OCH3 is 1. The molecule has 33 heavy (non-hydrogen) atoms. The number of rotatable bonds is 9. The van der Waals surface area contributed by atoms with E-state index in [1.807, 2.05) is 23.9 Å². The first-order valence-electron chi connectivity index (χ1n) is 11.9. The van der Waals surface area contributed by atoms with Gasteiger partial charge in [-0.3, -0.25) is 4.99 Å². The largest absolute Gasteiger partial charge is 0.501 e. The zero-order valence-electron chi connectivity index (χ0n) is 20.0. The standard InChI is InChI=1S/C28H34FN3O/c1-5-15-28-18-21-19-31-32(26-13-10-24(29)11-14-26)27(21)17-23(28)8-7-22(28)9-12-25(30-6-2)16-20(3)33-4/h6,10-11,13-14,16-17,19,22H,2,5,7-9,12,15,18H2,1,3-4H3/b20-16+,30-25?/t22-,28?/m0/s1. The van der Waals surface area contributed by atoms with Crippen LogP contribution in [0.4, 0.5) is 4.39 Å². The van der Waals surface area contributed by atoms with E-state index >= 15 is 0 Å². The number of benzene rings is 1. The third kappa shape index (κ3) is 4.59. The van der Waals surface area contributed by atoms with Gasteiger partial charge in [0, 0.05) is 11.9 Å². The first kappa shape index (κ1) is 23.2. The van der Waals surface area contributed by atoms with Gasteiger partial charge in [0.2, 0.25) is 0 Å². The molecular formula is C28H34FN3O. The predicted molar refractivity (Wildman–Crippen MR) is 133 cm³/mol. The van der Waals surface area contributed by atoms with Crippen LogP contribution < -0.4 is 0 Å². The fourth-order valence-electron chi connectivity index (χ4n) is 5.79. The number of aliphatic imine (C=N–C) groups is 1. The smallest absolute Gasteiger partial charge is 0.123 e. The van der Waals surface area contributed by atoms with Gasteiger partial charge in [-0.2, -0.15) is 5.10 Å². The van der Waals surface area contributed by atoms with E-state index in [-0.39, 0.29) is 11.2 Å². The van der Waals surface area contributed by atoms with Crippen LogP contribution in [0.1, 0.15) is 63.6 Å². The van der Waals surface area contributed by atoms with Gasteiger partial charge >= 0.3 is 0 Å². The van der Waals surface area contributed by atoms with Crippen LogP contribution in [0.2, 0.25) is 0 Å². The minimum atomic E-state index is -0.228. The van der Waals surface area contributed by atoms with Crippen molar-refractivity contribution in [2.24, 2.45) is 16.3 Å². The minimum absolute atomic E-state index is 0.192. The Kier molecular flexibility index (Phi) is 6.96. The zero-order chi connectivity index (χ0) is 23.4. The summed E-state index contributed by atoms with van der Waals surface area (Å²) < 4.78 is 20.7. The fraction of sp³-hybridized carbons (Fsp3) is 0.429. The van der Waals surface area contributed by atoms with E-state index in [4.69, 9.17) is 4.74 Å². The Morgan fingerprint density at radius 1 is 1.36 bits per heavy atom. The maximum atomic E-state index is 13.4. The van der Waals surface area contributed by atoms with Crippen molar-refractivity contribution in [3.05, 3.63) is 77.7 Å². The molecule has 4 nitrogen and oxygen atoms in total. The zero-order valence-corrected chi connectivity index (χ0v) is 20.0. The first-order valence-corrected chi connectivity index (χ1v) is 11.9. The molecule has 1 heterocycles. The Labute approximate surface area is 196 Å². The van der Waals surface area contributed by atoms with Crippen LogP contribution in [0.3, 0.4) is 0 Å². The lowest BCUT2D eigenvalue weighted by Crippen LogP contribution is -2.32. The summed E-state index contributed by atoms with van der Waals surface area (Å²) in [7, 11) is 1.69. The molecule has 2 aliphatic carbocycles. The van der Waals surface area contributed by atoms with Crippen LogP contribution in [0, 0.1) is 17.2 Å². The van der Waals surface area contributed by atoms with Gasteiger partial charge < -0.3 is 4.74 Å². The van der Waals surface area contributed by atoms with Crippen LogP contribution in [0.15, 0.2) is 65.6 Å². The SMILES string of the molecule is C=CN=C(/C=C(\C)OC)CC[C@@H]1CCC2=Cc3c(cnn3-c3ccc(F)cc3)CC21CCC. The van der Waals surface area contributed by atoms with Gasteiger partial charge in [-0.15, -0.1) is 0 Å². The van der Waals surface area contributed by atoms with Crippen molar-refractivity contribution in [3.63, 3.8) is 0 Å². The van der Waals surface area contributed by atoms with E-state index in [1.54, 1.807) is 31.0 Å². The lowest BCUT2D eigenvalue weighted by atomic mass is 9.64. The molecule has 1 aromatic carbocycles. The Morgan fingerprint density at radius 2 is 2.15 bits per heavy atom. The topological polar surface area (TPSA) is 39.4 Å². The highest BCUT2D eigenvalue weighted by atomic mass is 19.1. The molecule has 1 unspecified atom stereocenters. The number of nitrogens with zero attached hydrogens (tertiary/aromatic N) is 3. The van der Waals surface area contributed by atoms with Gasteiger partial charge in [0.1, 0.15) is 5.82 Å². The molecule has 0 radical (unpaired) electrons. The fourth-order valence-corrected chi connectivity index (χ4v) is 5.79. The van der Waals surface area contributed by atoms with E-state index in [1.165, 1.54) is 30.5 Å². The van der Waals surface area contributed by atoms with Gasteiger partial charge in [-0.05, 0) is 98.8 Å². The van der Waals surface area contributed by atoms with Gasteiger partial charge in [0.05, 0.1) is 30.4 Å². The maximum absolute atomic E-state index is 13.4. The van der Waals surface area contributed by atoms with Gasteiger partial charge in [-0.25, -0.2) is 9.07 Å². The van der Waals surface area contributed by atoms with Crippen LogP contribution >= 0.6 is 0 Å². The van der Waals surface area contributed by atoms with Crippen molar-refractivity contribution >= 4 is 11.8 Å². The molecule has 0 amide bonds. The number of aromatic nitrogens is 2. The molecule has 5 heteroatoms. The highest BCUT2D eigenvalue weighted by molar-refractivity contribution is 5.95. The van der Waals surface area contributed by atoms with Crippen LogP contribution in [0.25, 0.3) is 11.8 Å². The maximum Gasteiger partial charge on any atom is 0.123 e. The van der Waals surface area contributed by atoms with E-state index in [9.17, 15) is 4.39 Å². The molecule has 2 atom stereocenters. The summed E-state index contributed by atoms with van der Waals surface area (Å²) in [6.07, 6.45) is 15.7. The summed E-state index contributed by atoms with van der Waals surface area (Å²) in [6, 6.07) is 6.58. The van der Waals surface area contributed by atoms with Gasteiger partial charge in [-0.1, -0.05) is 25.5 Å². The monoisotopic (exact) mass is 447 g/mol. The highest BCUT2D eigenvalue weighted by Gasteiger charge is 2.47. The second kappa shape index (κ2) is 9.90. The Morgan fingerprint density at radius 3 is 2.85 bits per heavy atom. The molecule has 0 bridgehead atoms. The highest BCUT2D eigenvalue weighted by Crippen LogP contribution is 2.57. The van der Waals surface area contributed by atoms with Crippen LogP contribution in [0.5, 0.6) is 0 Å². The van der Waals surface area contributed by atoms with Gasteiger partial charge in [0.25, 0.3) is 0 Å². The molecule has 4 rings (SSSR count). The van der Waals surface area contributed by atoms with Crippen molar-refractivity contribution in [2.45, 2.75) is 58.8 Å². The average molecular weight is 448 g/mol. The summed E-state index contributed by atoms with van der Waals surface area (Å²) in [6.45, 7) is 8.02. The van der Waals surface area contributed by atoms with Crippen molar-refractivity contribution < 1.29 is 9.13 Å². The number of fused-ring (bicyclic) bond motifs is 2. The summed E-state index contributed by atoms with van der Waals surface area (Å²) in [5.41, 5.74) is 6.11. The molecule has 0 spiro atoms. The second-order valence-electron chi connectivity index (χ2n) is 9.23. The third-order valence-corrected chi connectivity index (χ3v) is 7.35. The molecule has 1 saturated carbocycles. The van der Waals surface area contributed by atoms with E-state index in [0.717, 1.165) is 55.0 Å². The average Bonchev–Trinajstić information content (AvgIpc) is 3.37. The lowest BCUT2D eigenvalue weighted by Gasteiger charge is -2.39. The molecule has 0 saturated heterocycles. The summed E-state index contributed by atoms with van der Waals surface area (Å²) in [4.78, 5) is 4.49. The molecule has 0 N–H and O–H groups in total. The van der Waals surface area contributed by atoms with Crippen molar-refractivity contribution in [2.75, 3.05) is 7.11 Å². The van der Waals surface area contributed by atoms with E-state index < -0.39 is 0 Å². The molecule has 1 aromatic heterocycles. The van der Waals surface area contributed by atoms with Crippen LogP contribution in [-0.2, 0) is 11.2 Å². The second-order valence-corrected chi connectivity index (χ2v) is 9.23. The van der Waals surface area contributed by atoms with E-state index in [0.29, 0.717) is 5.92 Å². The molecular weight excluding hydrogens is 413 g/mol. The summed E-state index contributed by atoms with van der Waals surface area (Å²) in [5.74, 6) is 1.24. The van der Waals surface area contributed by atoms with Crippen molar-refractivity contribution in [1.29, 1.82) is 0 Å². The number of allylic oxidation sites excluding steroid dienone is 3. The van der Waals surface area contributed by atoms with Crippen LogP contribution in [-0.4, -0.2) is 22.6 Å². The molecule has 174 valence electrons. The van der Waals surface area contributed by atoms with Crippen molar-refractivity contribution in [3.8, 4) is 5.69 Å². The lowest BCUT2D eigenvalue weighted by molar-refractivity contribution is 0.211. The normalized spacial score (nSPS) is 22.5. The van der Waals surface area contributed by atoms with Gasteiger partial charge in [0.15, 0.2) is 0 Å². The number of hydrogen-bond acceptors (Lipinski definition) is 3. The number of halogens is 1. The Bertz CT molecular complexity index is 1090. The minimum Gasteiger partial charge on any atom is -0.501 e. The molecule has 1 fully saturated rings. The summed E-state index contributed by atoms with van der Waals surface area (Å²) in [5, 5.41) is 4.68. The third-order valence-electron chi connectivity index (χ3n) is 7.35. The molecule has 2 aliphatic rings. The Balaban J connectivity index is 1.61. The van der Waals surface area contributed by atoms with Crippen molar-refractivity contribution in [1.82, 2.24) is 9.78 Å². The molecule has 0 aliphatic heterocycles. The Hall–Kier alpha value is -2.95. The number of ether oxygens (including phenoxy) is 1. The van der Waals surface area contributed by atoms with E-state index in [2.05, 4.69) is 29.7 Å². The molecule has 2 aromatic rings.